The normalized spacial score (nSPS) is 9.96. The monoisotopic (exact) mass is 314 g/mol. The van der Waals surface area contributed by atoms with E-state index < -0.39 is 5.91 Å². The van der Waals surface area contributed by atoms with Crippen LogP contribution in [0.5, 0.6) is 5.75 Å². The zero-order chi connectivity index (χ0) is 16.5. The SMILES string of the molecule is COCCOc1cccc(C(=O)NNC(=O)c2ccccc2)c1. The van der Waals surface area contributed by atoms with Crippen molar-refractivity contribution in [2.75, 3.05) is 20.3 Å². The quantitative estimate of drug-likeness (QED) is 0.629. The molecule has 0 saturated carbocycles. The van der Waals surface area contributed by atoms with Gasteiger partial charge in [0.2, 0.25) is 0 Å². The average molecular weight is 314 g/mol. The molecule has 0 unspecified atom stereocenters. The molecule has 23 heavy (non-hydrogen) atoms. The zero-order valence-electron chi connectivity index (χ0n) is 12.7. The fourth-order valence-corrected chi connectivity index (χ4v) is 1.82. The number of carbonyl (C=O) groups excluding carboxylic acids is 2. The molecule has 2 aromatic carbocycles. The molecule has 0 aliphatic heterocycles. The number of hydrazine groups is 1. The number of benzene rings is 2. The van der Waals surface area contributed by atoms with E-state index in [1.807, 2.05) is 6.07 Å². The van der Waals surface area contributed by atoms with Crippen molar-refractivity contribution in [2.45, 2.75) is 0 Å². The molecule has 120 valence electrons. The first kappa shape index (κ1) is 16.5. The summed E-state index contributed by atoms with van der Waals surface area (Å²) in [5, 5.41) is 0. The van der Waals surface area contributed by atoms with Gasteiger partial charge in [-0.3, -0.25) is 20.4 Å². The molecular weight excluding hydrogens is 296 g/mol. The highest BCUT2D eigenvalue weighted by Gasteiger charge is 2.09. The van der Waals surface area contributed by atoms with Crippen molar-refractivity contribution in [3.05, 3.63) is 65.7 Å². The van der Waals surface area contributed by atoms with E-state index in [2.05, 4.69) is 10.9 Å². The number of methoxy groups -OCH3 is 1. The Balaban J connectivity index is 1.90. The van der Waals surface area contributed by atoms with Gasteiger partial charge < -0.3 is 9.47 Å². The highest BCUT2D eigenvalue weighted by Crippen LogP contribution is 2.13. The highest BCUT2D eigenvalue weighted by molar-refractivity contribution is 5.99. The van der Waals surface area contributed by atoms with Gasteiger partial charge in [-0.25, -0.2) is 0 Å². The molecule has 0 spiro atoms. The van der Waals surface area contributed by atoms with E-state index in [1.54, 1.807) is 55.6 Å². The van der Waals surface area contributed by atoms with Gasteiger partial charge in [0.15, 0.2) is 0 Å². The van der Waals surface area contributed by atoms with Crippen molar-refractivity contribution in [2.24, 2.45) is 0 Å². The van der Waals surface area contributed by atoms with Crippen molar-refractivity contribution in [1.29, 1.82) is 0 Å². The topological polar surface area (TPSA) is 76.7 Å². The maximum Gasteiger partial charge on any atom is 0.269 e. The van der Waals surface area contributed by atoms with E-state index in [4.69, 9.17) is 9.47 Å². The average Bonchev–Trinajstić information content (AvgIpc) is 2.60. The molecule has 0 aliphatic carbocycles. The van der Waals surface area contributed by atoms with Crippen LogP contribution in [0.2, 0.25) is 0 Å². The van der Waals surface area contributed by atoms with Crippen LogP contribution >= 0.6 is 0 Å². The summed E-state index contributed by atoms with van der Waals surface area (Å²) in [5.74, 6) is -0.248. The first-order valence-electron chi connectivity index (χ1n) is 7.08. The maximum absolute atomic E-state index is 12.1. The number of nitrogens with one attached hydrogen (secondary N) is 2. The number of amides is 2. The van der Waals surface area contributed by atoms with Gasteiger partial charge in [0.05, 0.1) is 6.61 Å². The summed E-state index contributed by atoms with van der Waals surface area (Å²) in [6.45, 7) is 0.857. The predicted octanol–water partition coefficient (Wildman–Crippen LogP) is 1.79. The minimum atomic E-state index is -0.425. The minimum absolute atomic E-state index is 0.383. The van der Waals surface area contributed by atoms with Gasteiger partial charge in [0.1, 0.15) is 12.4 Å². The summed E-state index contributed by atoms with van der Waals surface area (Å²) >= 11 is 0. The summed E-state index contributed by atoms with van der Waals surface area (Å²) in [6, 6.07) is 15.3. The van der Waals surface area contributed by atoms with Crippen LogP contribution in [-0.4, -0.2) is 32.1 Å². The van der Waals surface area contributed by atoms with Crippen molar-refractivity contribution in [1.82, 2.24) is 10.9 Å². The summed E-state index contributed by atoms with van der Waals surface area (Å²) in [4.78, 5) is 23.9. The first-order valence-corrected chi connectivity index (χ1v) is 7.08. The Labute approximate surface area is 134 Å². The minimum Gasteiger partial charge on any atom is -0.491 e. The lowest BCUT2D eigenvalue weighted by Crippen LogP contribution is -2.41. The Morgan fingerprint density at radius 2 is 1.52 bits per heavy atom. The second-order valence-electron chi connectivity index (χ2n) is 4.64. The smallest absolute Gasteiger partial charge is 0.269 e. The van der Waals surface area contributed by atoms with E-state index in [1.165, 1.54) is 0 Å². The van der Waals surface area contributed by atoms with Crippen LogP contribution in [0.1, 0.15) is 20.7 Å². The van der Waals surface area contributed by atoms with Crippen LogP contribution in [0, 0.1) is 0 Å². The van der Waals surface area contributed by atoms with Crippen molar-refractivity contribution in [3.8, 4) is 5.75 Å². The fraction of sp³-hybridized carbons (Fsp3) is 0.176. The van der Waals surface area contributed by atoms with Gasteiger partial charge >= 0.3 is 0 Å². The molecule has 2 N–H and O–H groups in total. The molecule has 2 rings (SSSR count). The molecule has 2 amide bonds. The van der Waals surface area contributed by atoms with E-state index in [0.29, 0.717) is 30.1 Å². The lowest BCUT2D eigenvalue weighted by atomic mass is 10.2. The van der Waals surface area contributed by atoms with Crippen LogP contribution in [0.3, 0.4) is 0 Å². The van der Waals surface area contributed by atoms with Gasteiger partial charge in [0.25, 0.3) is 11.8 Å². The lowest BCUT2D eigenvalue weighted by Gasteiger charge is -2.09. The number of hydrogen-bond donors (Lipinski definition) is 2. The molecule has 0 aromatic heterocycles. The highest BCUT2D eigenvalue weighted by atomic mass is 16.5. The summed E-state index contributed by atoms with van der Waals surface area (Å²) in [6.07, 6.45) is 0. The Hall–Kier alpha value is -2.86. The Morgan fingerprint density at radius 3 is 2.22 bits per heavy atom. The standard InChI is InChI=1S/C17H18N2O4/c1-22-10-11-23-15-9-5-8-14(12-15)17(21)19-18-16(20)13-6-3-2-4-7-13/h2-9,12H,10-11H2,1H3,(H,18,20)(H,19,21). The summed E-state index contributed by atoms with van der Waals surface area (Å²) in [5.41, 5.74) is 5.59. The molecule has 0 aliphatic rings. The van der Waals surface area contributed by atoms with Gasteiger partial charge in [-0.05, 0) is 30.3 Å². The molecule has 6 heteroatoms. The summed E-state index contributed by atoms with van der Waals surface area (Å²) < 4.78 is 10.3. The third-order valence-electron chi connectivity index (χ3n) is 2.98. The molecule has 0 atom stereocenters. The molecule has 0 fully saturated rings. The van der Waals surface area contributed by atoms with Gasteiger partial charge in [0, 0.05) is 18.2 Å². The van der Waals surface area contributed by atoms with Gasteiger partial charge in [-0.2, -0.15) is 0 Å². The Bertz CT molecular complexity index is 659. The van der Waals surface area contributed by atoms with Crippen LogP contribution in [-0.2, 0) is 4.74 Å². The number of carbonyl (C=O) groups is 2. The maximum atomic E-state index is 12.1. The second-order valence-corrected chi connectivity index (χ2v) is 4.64. The zero-order valence-corrected chi connectivity index (χ0v) is 12.7. The van der Waals surface area contributed by atoms with Crippen molar-refractivity contribution in [3.63, 3.8) is 0 Å². The van der Waals surface area contributed by atoms with Crippen LogP contribution in [0.25, 0.3) is 0 Å². The van der Waals surface area contributed by atoms with E-state index >= 15 is 0 Å². The largest absolute Gasteiger partial charge is 0.491 e. The predicted molar refractivity (Wildman–Crippen MR) is 85.2 cm³/mol. The molecular formula is C17H18N2O4. The molecule has 2 aromatic rings. The van der Waals surface area contributed by atoms with Crippen molar-refractivity contribution < 1.29 is 19.1 Å². The Morgan fingerprint density at radius 1 is 0.870 bits per heavy atom. The number of hydrogen-bond acceptors (Lipinski definition) is 4. The van der Waals surface area contributed by atoms with Crippen LogP contribution in [0.15, 0.2) is 54.6 Å². The van der Waals surface area contributed by atoms with Crippen LogP contribution < -0.4 is 15.6 Å². The number of ether oxygens (including phenoxy) is 2. The third-order valence-corrected chi connectivity index (χ3v) is 2.98. The van der Waals surface area contributed by atoms with Crippen LogP contribution in [0.4, 0.5) is 0 Å². The first-order chi connectivity index (χ1) is 11.2. The fourth-order valence-electron chi connectivity index (χ4n) is 1.82. The van der Waals surface area contributed by atoms with Gasteiger partial charge in [-0.1, -0.05) is 24.3 Å². The number of rotatable bonds is 6. The molecule has 0 saturated heterocycles. The van der Waals surface area contributed by atoms with Crippen molar-refractivity contribution >= 4 is 11.8 Å². The molecule has 0 radical (unpaired) electrons. The van der Waals surface area contributed by atoms with Gasteiger partial charge in [-0.15, -0.1) is 0 Å². The Kier molecular flexibility index (Phi) is 6.14. The second kappa shape index (κ2) is 8.55. The van der Waals surface area contributed by atoms with E-state index in [-0.39, 0.29) is 5.91 Å². The summed E-state index contributed by atoms with van der Waals surface area (Å²) in [7, 11) is 1.59. The van der Waals surface area contributed by atoms with E-state index in [9.17, 15) is 9.59 Å². The van der Waals surface area contributed by atoms with E-state index in [0.717, 1.165) is 0 Å². The molecule has 6 nitrogen and oxygen atoms in total. The lowest BCUT2D eigenvalue weighted by molar-refractivity contribution is 0.0846. The molecule has 0 bridgehead atoms. The molecule has 0 heterocycles. The third kappa shape index (κ3) is 5.12.